The van der Waals surface area contributed by atoms with Crippen LogP contribution >= 0.6 is 247 Å². The molecule has 0 unspecified atom stereocenters. The van der Waals surface area contributed by atoms with Gasteiger partial charge in [-0.1, -0.05) is 141 Å². The minimum atomic E-state index is -0.624. The van der Waals surface area contributed by atoms with Crippen molar-refractivity contribution in [3.05, 3.63) is 115 Å². The van der Waals surface area contributed by atoms with Crippen molar-refractivity contribution in [3.8, 4) is 0 Å². The maximum Gasteiger partial charge on any atom is 0.338 e. The van der Waals surface area contributed by atoms with Gasteiger partial charge in [0.05, 0.1) is 80.2 Å². The number of hydrogen-bond donors (Lipinski definition) is 0. The maximum absolute atomic E-state index is 13.5. The first-order valence-corrected chi connectivity index (χ1v) is 38.9. The van der Waals surface area contributed by atoms with Gasteiger partial charge in [0, 0.05) is 17.3 Å². The molecular weight excluding hydrogens is 1240 g/mol. The van der Waals surface area contributed by atoms with Crippen LogP contribution in [0.2, 0.25) is 0 Å². The predicted molar refractivity (Wildman–Crippen MR) is 333 cm³/mol. The smallest absolute Gasteiger partial charge is 0.338 e. The van der Waals surface area contributed by atoms with Crippen LogP contribution in [0.3, 0.4) is 0 Å². The molecule has 0 saturated carbocycles. The number of thioether (sulfide) groups is 21. The predicted octanol–water partition coefficient (Wildman–Crippen LogP) is 18.6. The Kier molecular flexibility index (Phi) is 24.8. The molecule has 0 N–H and O–H groups in total. The summed E-state index contributed by atoms with van der Waals surface area (Å²) in [6.45, 7) is 0.473. The summed E-state index contributed by atoms with van der Waals surface area (Å²) in [4.78, 5) is 40.5. The summed E-state index contributed by atoms with van der Waals surface area (Å²) in [5.74, 6) is -0.204. The molecule has 0 radical (unpaired) electrons. The van der Waals surface area contributed by atoms with E-state index in [2.05, 4.69) is 53.8 Å². The summed E-state index contributed by atoms with van der Waals surface area (Å²) in [6.07, 6.45) is 12.7. The van der Waals surface area contributed by atoms with E-state index in [1.807, 2.05) is 70.6 Å². The fourth-order valence-electron chi connectivity index (χ4n) is 5.06. The topological polar surface area (TPSA) is 78.9 Å². The molecule has 0 fully saturated rings. The van der Waals surface area contributed by atoms with Crippen LogP contribution in [0.4, 0.5) is 0 Å². The fourth-order valence-corrected chi connectivity index (χ4v) is 31.7. The van der Waals surface area contributed by atoms with Gasteiger partial charge < -0.3 is 14.2 Å². The largest absolute Gasteiger partial charge is 0.461 e. The van der Waals surface area contributed by atoms with E-state index >= 15 is 0 Å². The molecule has 6 aliphatic rings. The molecule has 0 aliphatic carbocycles. The minimum Gasteiger partial charge on any atom is -0.461 e. The first-order valence-electron chi connectivity index (χ1n) is 18.6. The zero-order valence-electron chi connectivity index (χ0n) is 35.2. The average molecular weight is 1270 g/mol. The van der Waals surface area contributed by atoms with Crippen molar-refractivity contribution in [1.29, 1.82) is 0 Å². The molecule has 0 spiro atoms. The van der Waals surface area contributed by atoms with Crippen molar-refractivity contribution >= 4 is 265 Å². The van der Waals surface area contributed by atoms with Gasteiger partial charge in [0.25, 0.3) is 0 Å². The van der Waals surface area contributed by atoms with Crippen molar-refractivity contribution in [2.75, 3.05) is 74.6 Å². The van der Waals surface area contributed by atoms with E-state index in [1.54, 1.807) is 176 Å². The molecule has 1 aromatic rings. The summed E-state index contributed by atoms with van der Waals surface area (Å²) >= 11 is 37.1. The SMILES string of the molecule is CSC1=C(SC)SC(=C2SC=C(SCCOC(=O)c3cc(C(=O)OCCSC4=CSC(=C5SC(SC)=C(SC)S5)S4)cc(C(=O)OCCSC4=CSC(=C5SC(SC)=C(SC)S5)S4)c3)S2)S1. The molecular formula is C39H36O6S21. The van der Waals surface area contributed by atoms with Crippen LogP contribution in [-0.4, -0.2) is 92.5 Å². The molecule has 6 heterocycles. The zero-order chi connectivity index (χ0) is 46.6. The summed E-state index contributed by atoms with van der Waals surface area (Å²) in [6, 6.07) is 4.32. The molecule has 0 bridgehead atoms. The molecule has 27 heteroatoms. The van der Waals surface area contributed by atoms with Gasteiger partial charge in [-0.3, -0.25) is 0 Å². The van der Waals surface area contributed by atoms with Gasteiger partial charge in [-0.2, -0.15) is 0 Å². The minimum absolute atomic E-state index is 0.0900. The first-order chi connectivity index (χ1) is 32.1. The standard InChI is InChI=1S/C39H36O6S21/c1-46-28-29(47-2)62-37(61-28)34-55-16-22(58-34)52-10-7-43-25(40)19-13-20(26(41)44-8-11-53-23-17-56-35(59-23)38-63-30(48-3)31(49-4)64-38)15-21(14-19)27(42)45-9-12-54-24-18-57-36(60-24)39-65-32(50-5)33(51-6)66-39/h13-18H,7-12H2,1-6H3. The quantitative estimate of drug-likeness (QED) is 0.0665. The zero-order valence-corrected chi connectivity index (χ0v) is 52.4. The molecule has 0 aromatic heterocycles. The second kappa shape index (κ2) is 29.1. The Bertz CT molecular complexity index is 2060. The summed E-state index contributed by atoms with van der Waals surface area (Å²) in [5, 5.41) is 6.45. The van der Waals surface area contributed by atoms with Gasteiger partial charge in [0.2, 0.25) is 0 Å². The lowest BCUT2D eigenvalue weighted by Crippen LogP contribution is -2.15. The third-order valence-electron chi connectivity index (χ3n) is 7.91. The molecule has 6 nitrogen and oxygen atoms in total. The number of ether oxygens (including phenoxy) is 3. The second-order valence-electron chi connectivity index (χ2n) is 12.0. The summed E-state index contributed by atoms with van der Waals surface area (Å²) in [7, 11) is 0. The molecule has 1 aromatic carbocycles. The van der Waals surface area contributed by atoms with E-state index < -0.39 is 17.9 Å². The Labute approximate surface area is 476 Å². The third-order valence-corrected chi connectivity index (χ3v) is 36.2. The van der Waals surface area contributed by atoms with Gasteiger partial charge in [0.15, 0.2) is 0 Å². The van der Waals surface area contributed by atoms with Crippen LogP contribution in [0.1, 0.15) is 31.1 Å². The van der Waals surface area contributed by atoms with Gasteiger partial charge in [0.1, 0.15) is 19.8 Å². The number of hydrogen-bond acceptors (Lipinski definition) is 27. The van der Waals surface area contributed by atoms with Gasteiger partial charge in [-0.15, -0.1) is 106 Å². The van der Waals surface area contributed by atoms with E-state index in [4.69, 9.17) is 14.2 Å². The lowest BCUT2D eigenvalue weighted by atomic mass is 10.1. The Hall–Kier alpha value is 2.64. The van der Waals surface area contributed by atoms with Crippen molar-refractivity contribution in [2.24, 2.45) is 0 Å². The highest BCUT2D eigenvalue weighted by Crippen LogP contribution is 2.65. The normalized spacial score (nSPS) is 18.7. The molecule has 7 rings (SSSR count). The average Bonchev–Trinajstić information content (AvgIpc) is 4.21. The van der Waals surface area contributed by atoms with Gasteiger partial charge in [-0.05, 0) is 72.0 Å². The molecule has 0 saturated heterocycles. The lowest BCUT2D eigenvalue weighted by Gasteiger charge is -2.11. The highest BCUT2D eigenvalue weighted by Gasteiger charge is 2.30. The third kappa shape index (κ3) is 15.8. The monoisotopic (exact) mass is 1270 g/mol. The van der Waals surface area contributed by atoms with Crippen molar-refractivity contribution in [2.45, 2.75) is 0 Å². The molecule has 6 aliphatic heterocycles. The lowest BCUT2D eigenvalue weighted by molar-refractivity contribution is 0.0527. The van der Waals surface area contributed by atoms with Crippen molar-refractivity contribution in [1.82, 2.24) is 0 Å². The number of benzene rings is 1. The molecule has 66 heavy (non-hydrogen) atoms. The second-order valence-corrected chi connectivity index (χ2v) is 36.1. The number of carbonyl (C=O) groups is 3. The Morgan fingerprint density at radius 1 is 0.379 bits per heavy atom. The van der Waals surface area contributed by atoms with E-state index in [0.717, 1.165) is 12.7 Å². The first kappa shape index (κ1) is 56.4. The van der Waals surface area contributed by atoms with Crippen molar-refractivity contribution < 1.29 is 28.6 Å². The van der Waals surface area contributed by atoms with Crippen LogP contribution in [0, 0.1) is 0 Å². The van der Waals surface area contributed by atoms with E-state index in [-0.39, 0.29) is 36.5 Å². The fraction of sp³-hybridized carbons (Fsp3) is 0.308. The highest BCUT2D eigenvalue weighted by molar-refractivity contribution is 8.45. The molecule has 354 valence electrons. The summed E-state index contributed by atoms with van der Waals surface area (Å²) in [5.41, 5.74) is 0.270. The van der Waals surface area contributed by atoms with Crippen molar-refractivity contribution in [3.63, 3.8) is 0 Å². The number of esters is 3. The van der Waals surface area contributed by atoms with Crippen LogP contribution in [0.25, 0.3) is 0 Å². The summed E-state index contributed by atoms with van der Waals surface area (Å²) < 4.78 is 36.4. The van der Waals surface area contributed by atoms with E-state index in [9.17, 15) is 14.4 Å². The van der Waals surface area contributed by atoms with E-state index in [1.165, 1.54) is 69.0 Å². The van der Waals surface area contributed by atoms with E-state index in [0.29, 0.717) is 17.3 Å². The number of rotatable bonds is 21. The number of carbonyl (C=O) groups excluding carboxylic acids is 3. The Morgan fingerprint density at radius 3 is 0.848 bits per heavy atom. The highest BCUT2D eigenvalue weighted by atomic mass is 32.3. The molecule has 0 atom stereocenters. The van der Waals surface area contributed by atoms with Crippen LogP contribution in [-0.2, 0) is 14.2 Å². The Morgan fingerprint density at radius 2 is 0.621 bits per heavy atom. The van der Waals surface area contributed by atoms with Gasteiger partial charge >= 0.3 is 17.9 Å². The Balaban J connectivity index is 0.911. The van der Waals surface area contributed by atoms with Crippen LogP contribution in [0.5, 0.6) is 0 Å². The van der Waals surface area contributed by atoms with Crippen LogP contribution in [0.15, 0.2) is 98.0 Å². The van der Waals surface area contributed by atoms with Crippen LogP contribution < -0.4 is 0 Å². The molecule has 0 amide bonds. The van der Waals surface area contributed by atoms with Gasteiger partial charge in [-0.25, -0.2) is 14.4 Å². The maximum atomic E-state index is 13.5.